The summed E-state index contributed by atoms with van der Waals surface area (Å²) in [4.78, 5) is 14.1. The molecule has 1 heterocycles. The molecule has 0 aliphatic rings. The fourth-order valence-electron chi connectivity index (χ4n) is 0.810. The Bertz CT molecular complexity index is 353. The van der Waals surface area contributed by atoms with Gasteiger partial charge in [0.2, 0.25) is 0 Å². The van der Waals surface area contributed by atoms with Gasteiger partial charge in [-0.3, -0.25) is 4.79 Å². The van der Waals surface area contributed by atoms with Crippen molar-refractivity contribution in [1.29, 1.82) is 5.26 Å². The van der Waals surface area contributed by atoms with Crippen LogP contribution in [0.15, 0.2) is 16.9 Å². The van der Waals surface area contributed by atoms with E-state index in [0.29, 0.717) is 5.56 Å². The van der Waals surface area contributed by atoms with Crippen molar-refractivity contribution in [2.45, 2.75) is 13.0 Å². The molecule has 0 spiro atoms. The molecular weight excluding hydrogens is 234 g/mol. The summed E-state index contributed by atoms with van der Waals surface area (Å²) >= 11 is 3.18. The number of aromatic nitrogens is 1. The van der Waals surface area contributed by atoms with E-state index >= 15 is 0 Å². The van der Waals surface area contributed by atoms with Crippen molar-refractivity contribution in [2.75, 3.05) is 0 Å². The lowest BCUT2D eigenvalue weighted by atomic mass is 10.3. The van der Waals surface area contributed by atoms with Gasteiger partial charge < -0.3 is 10.3 Å². The Labute approximate surface area is 84.1 Å². The number of amides is 1. The zero-order valence-electron chi connectivity index (χ0n) is 6.97. The highest BCUT2D eigenvalue weighted by Crippen LogP contribution is 2.09. The van der Waals surface area contributed by atoms with Gasteiger partial charge in [0, 0.05) is 6.20 Å². The average Bonchev–Trinajstić information content (AvgIpc) is 2.51. The molecule has 1 amide bonds. The molecule has 1 aromatic rings. The van der Waals surface area contributed by atoms with E-state index in [-0.39, 0.29) is 5.91 Å². The second-order valence-corrected chi connectivity index (χ2v) is 3.41. The molecule has 13 heavy (non-hydrogen) atoms. The molecule has 0 aromatic carbocycles. The molecule has 0 saturated heterocycles. The normalized spacial score (nSPS) is 11.8. The van der Waals surface area contributed by atoms with Crippen molar-refractivity contribution in [3.63, 3.8) is 0 Å². The summed E-state index contributed by atoms with van der Waals surface area (Å²) in [5, 5.41) is 11.0. The number of H-pyrrole nitrogens is 1. The summed E-state index contributed by atoms with van der Waals surface area (Å²) in [6.45, 7) is 1.62. The zero-order valence-corrected chi connectivity index (χ0v) is 8.55. The molecule has 0 unspecified atom stereocenters. The largest absolute Gasteiger partial charge is 0.355 e. The van der Waals surface area contributed by atoms with E-state index in [2.05, 4.69) is 26.2 Å². The minimum absolute atomic E-state index is 0.254. The number of carbonyl (C=O) groups excluding carboxylic acids is 1. The Morgan fingerprint density at radius 1 is 1.85 bits per heavy atom. The Morgan fingerprint density at radius 3 is 3.00 bits per heavy atom. The minimum Gasteiger partial charge on any atom is -0.355 e. The van der Waals surface area contributed by atoms with Crippen LogP contribution in [0.1, 0.15) is 17.3 Å². The summed E-state index contributed by atoms with van der Waals surface area (Å²) < 4.78 is 0.738. The number of halogens is 1. The fraction of sp³-hybridized carbons (Fsp3) is 0.250. The number of aromatic amines is 1. The maximum atomic E-state index is 11.3. The Balaban J connectivity index is 2.65. The number of hydrogen-bond donors (Lipinski definition) is 2. The molecule has 0 aliphatic heterocycles. The molecule has 0 aliphatic carbocycles. The molecular formula is C8H8BrN3O. The second kappa shape index (κ2) is 4.10. The molecule has 2 N–H and O–H groups in total. The number of carbonyl (C=O) groups is 1. The van der Waals surface area contributed by atoms with E-state index in [0.717, 1.165) is 4.60 Å². The topological polar surface area (TPSA) is 68.7 Å². The number of nitrogens with one attached hydrogen (secondary N) is 2. The lowest BCUT2D eigenvalue weighted by Crippen LogP contribution is -2.30. The summed E-state index contributed by atoms with van der Waals surface area (Å²) in [5.41, 5.74) is 0.508. The van der Waals surface area contributed by atoms with Gasteiger partial charge in [0.1, 0.15) is 6.04 Å². The number of nitrogens with zero attached hydrogens (tertiary/aromatic N) is 1. The molecule has 5 heteroatoms. The van der Waals surface area contributed by atoms with E-state index in [1.54, 1.807) is 19.2 Å². The number of hydrogen-bond acceptors (Lipinski definition) is 2. The van der Waals surface area contributed by atoms with Crippen molar-refractivity contribution >= 4 is 21.8 Å². The van der Waals surface area contributed by atoms with Crippen LogP contribution in [0.2, 0.25) is 0 Å². The SMILES string of the molecule is C[C@@H](C#N)NC(=O)c1c[nH]c(Br)c1. The highest BCUT2D eigenvalue weighted by Gasteiger charge is 2.09. The Morgan fingerprint density at radius 2 is 2.54 bits per heavy atom. The first kappa shape index (κ1) is 9.81. The number of nitriles is 1. The lowest BCUT2D eigenvalue weighted by molar-refractivity contribution is 0.0948. The quantitative estimate of drug-likeness (QED) is 0.823. The maximum absolute atomic E-state index is 11.3. The van der Waals surface area contributed by atoms with Gasteiger partial charge in [0.05, 0.1) is 16.2 Å². The molecule has 0 saturated carbocycles. The van der Waals surface area contributed by atoms with Crippen molar-refractivity contribution in [3.05, 3.63) is 22.4 Å². The molecule has 4 nitrogen and oxygen atoms in total. The van der Waals surface area contributed by atoms with Crippen LogP contribution in [0, 0.1) is 11.3 Å². The third kappa shape index (κ3) is 2.60. The van der Waals surface area contributed by atoms with Gasteiger partial charge >= 0.3 is 0 Å². The van der Waals surface area contributed by atoms with Crippen molar-refractivity contribution in [3.8, 4) is 6.07 Å². The first-order valence-electron chi connectivity index (χ1n) is 3.68. The van der Waals surface area contributed by atoms with Crippen LogP contribution in [-0.2, 0) is 0 Å². The monoisotopic (exact) mass is 241 g/mol. The van der Waals surface area contributed by atoms with Gasteiger partial charge in [0.15, 0.2) is 0 Å². The smallest absolute Gasteiger partial charge is 0.253 e. The molecule has 68 valence electrons. The highest BCUT2D eigenvalue weighted by molar-refractivity contribution is 9.10. The van der Waals surface area contributed by atoms with E-state index < -0.39 is 6.04 Å². The van der Waals surface area contributed by atoms with E-state index in [4.69, 9.17) is 5.26 Å². The standard InChI is InChI=1S/C8H8BrN3O/c1-5(3-10)12-8(13)6-2-7(9)11-4-6/h2,4-5,11H,1H3,(H,12,13)/t5-/m0/s1. The third-order valence-corrected chi connectivity index (χ3v) is 1.91. The molecule has 1 aromatic heterocycles. The summed E-state index contributed by atoms with van der Waals surface area (Å²) in [6, 6.07) is 3.10. The van der Waals surface area contributed by atoms with Crippen LogP contribution in [0.4, 0.5) is 0 Å². The van der Waals surface area contributed by atoms with E-state index in [9.17, 15) is 4.79 Å². The molecule has 0 fully saturated rings. The van der Waals surface area contributed by atoms with Crippen LogP contribution in [0.5, 0.6) is 0 Å². The van der Waals surface area contributed by atoms with Crippen LogP contribution in [-0.4, -0.2) is 16.9 Å². The predicted octanol–water partition coefficient (Wildman–Crippen LogP) is 1.42. The van der Waals surface area contributed by atoms with E-state index in [1.165, 1.54) is 0 Å². The maximum Gasteiger partial charge on any atom is 0.253 e. The van der Waals surface area contributed by atoms with E-state index in [1.807, 2.05) is 6.07 Å². The van der Waals surface area contributed by atoms with Crippen molar-refractivity contribution in [1.82, 2.24) is 10.3 Å². The van der Waals surface area contributed by atoms with Crippen LogP contribution >= 0.6 is 15.9 Å². The molecule has 0 radical (unpaired) electrons. The average molecular weight is 242 g/mol. The lowest BCUT2D eigenvalue weighted by Gasteiger charge is -2.03. The van der Waals surface area contributed by atoms with Gasteiger partial charge in [-0.05, 0) is 28.9 Å². The minimum atomic E-state index is -0.471. The summed E-state index contributed by atoms with van der Waals surface area (Å²) in [6.07, 6.45) is 1.57. The third-order valence-electron chi connectivity index (χ3n) is 1.45. The summed E-state index contributed by atoms with van der Waals surface area (Å²) in [5.74, 6) is -0.254. The van der Waals surface area contributed by atoms with Gasteiger partial charge in [-0.15, -0.1) is 0 Å². The summed E-state index contributed by atoms with van der Waals surface area (Å²) in [7, 11) is 0. The number of rotatable bonds is 2. The molecule has 1 atom stereocenters. The first-order valence-corrected chi connectivity index (χ1v) is 4.47. The molecule has 0 bridgehead atoms. The Hall–Kier alpha value is -1.28. The Kier molecular flexibility index (Phi) is 3.09. The van der Waals surface area contributed by atoms with Gasteiger partial charge in [-0.2, -0.15) is 5.26 Å². The van der Waals surface area contributed by atoms with Crippen molar-refractivity contribution in [2.24, 2.45) is 0 Å². The van der Waals surface area contributed by atoms with Crippen LogP contribution in [0.3, 0.4) is 0 Å². The first-order chi connectivity index (χ1) is 6.13. The second-order valence-electron chi connectivity index (χ2n) is 2.56. The predicted molar refractivity (Wildman–Crippen MR) is 51.0 cm³/mol. The fourth-order valence-corrected chi connectivity index (χ4v) is 1.17. The molecule has 1 rings (SSSR count). The zero-order chi connectivity index (χ0) is 9.84. The van der Waals surface area contributed by atoms with Crippen molar-refractivity contribution < 1.29 is 4.79 Å². The van der Waals surface area contributed by atoms with Gasteiger partial charge in [-0.25, -0.2) is 0 Å². The van der Waals surface area contributed by atoms with Gasteiger partial charge in [0.25, 0.3) is 5.91 Å². The van der Waals surface area contributed by atoms with Crippen LogP contribution in [0.25, 0.3) is 0 Å². The highest BCUT2D eigenvalue weighted by atomic mass is 79.9. The van der Waals surface area contributed by atoms with Gasteiger partial charge in [-0.1, -0.05) is 0 Å². The van der Waals surface area contributed by atoms with Crippen LogP contribution < -0.4 is 5.32 Å².